The average molecular weight is 289 g/mol. The Morgan fingerprint density at radius 3 is 2.95 bits per heavy atom. The van der Waals surface area contributed by atoms with Crippen molar-refractivity contribution < 1.29 is 9.53 Å². The third-order valence-electron chi connectivity index (χ3n) is 2.77. The third-order valence-corrected chi connectivity index (χ3v) is 2.77. The maximum absolute atomic E-state index is 11.5. The van der Waals surface area contributed by atoms with Crippen molar-refractivity contribution in [2.24, 2.45) is 5.92 Å². The Labute approximate surface area is 126 Å². The van der Waals surface area contributed by atoms with E-state index in [1.807, 2.05) is 30.3 Å². The zero-order valence-corrected chi connectivity index (χ0v) is 12.7. The van der Waals surface area contributed by atoms with Gasteiger partial charge in [-0.15, -0.1) is 0 Å². The molecule has 0 aromatic heterocycles. The Morgan fingerprint density at radius 2 is 2.24 bits per heavy atom. The van der Waals surface area contributed by atoms with E-state index in [0.29, 0.717) is 31.2 Å². The summed E-state index contributed by atoms with van der Waals surface area (Å²) in [4.78, 5) is 11.5. The number of nitriles is 1. The van der Waals surface area contributed by atoms with Gasteiger partial charge in [-0.25, -0.2) is 0 Å². The lowest BCUT2D eigenvalue weighted by molar-refractivity contribution is -0.121. The molecule has 0 saturated heterocycles. The molecular weight excluding hydrogens is 266 g/mol. The summed E-state index contributed by atoms with van der Waals surface area (Å²) in [5, 5.41) is 14.6. The molecule has 114 valence electrons. The molecule has 2 N–H and O–H groups in total. The van der Waals surface area contributed by atoms with Gasteiger partial charge in [0.2, 0.25) is 5.91 Å². The van der Waals surface area contributed by atoms with E-state index >= 15 is 0 Å². The molecular formula is C16H23N3O2. The number of amides is 1. The van der Waals surface area contributed by atoms with Gasteiger partial charge in [0.1, 0.15) is 11.8 Å². The Hall–Kier alpha value is -2.06. The van der Waals surface area contributed by atoms with Gasteiger partial charge in [-0.1, -0.05) is 26.0 Å². The molecule has 1 aromatic rings. The van der Waals surface area contributed by atoms with Crippen molar-refractivity contribution in [1.82, 2.24) is 10.6 Å². The molecule has 0 aliphatic carbocycles. The van der Waals surface area contributed by atoms with Gasteiger partial charge in [-0.3, -0.25) is 4.79 Å². The van der Waals surface area contributed by atoms with Gasteiger partial charge < -0.3 is 15.4 Å². The van der Waals surface area contributed by atoms with E-state index in [2.05, 4.69) is 24.5 Å². The lowest BCUT2D eigenvalue weighted by atomic mass is 10.2. The summed E-state index contributed by atoms with van der Waals surface area (Å²) in [6.45, 7) is 6.21. The van der Waals surface area contributed by atoms with Crippen LogP contribution in [0, 0.1) is 17.2 Å². The maximum Gasteiger partial charge on any atom is 0.221 e. The largest absolute Gasteiger partial charge is 0.479 e. The highest BCUT2D eigenvalue weighted by atomic mass is 16.5. The van der Waals surface area contributed by atoms with Crippen LogP contribution in [0.4, 0.5) is 0 Å². The summed E-state index contributed by atoms with van der Waals surface area (Å²) in [5.41, 5.74) is 1.06. The number of benzene rings is 1. The molecule has 0 spiro atoms. The summed E-state index contributed by atoms with van der Waals surface area (Å²) in [6.07, 6.45) is 0.470. The summed E-state index contributed by atoms with van der Waals surface area (Å²) in [6, 6.07) is 9.51. The molecule has 0 aliphatic rings. The first kappa shape index (κ1) is 17.0. The fourth-order valence-corrected chi connectivity index (χ4v) is 1.70. The van der Waals surface area contributed by atoms with Crippen molar-refractivity contribution in [3.63, 3.8) is 0 Å². The van der Waals surface area contributed by atoms with E-state index in [1.54, 1.807) is 0 Å². The summed E-state index contributed by atoms with van der Waals surface area (Å²) in [5.74, 6) is 1.23. The minimum Gasteiger partial charge on any atom is -0.479 e. The summed E-state index contributed by atoms with van der Waals surface area (Å²) in [7, 11) is 0. The molecule has 1 amide bonds. The SMILES string of the molecule is CC(C)CNC(=O)CCNCc1cccc(OCC#N)c1. The van der Waals surface area contributed by atoms with Crippen molar-refractivity contribution in [2.75, 3.05) is 19.7 Å². The molecule has 1 rings (SSSR count). The van der Waals surface area contributed by atoms with Gasteiger partial charge >= 0.3 is 0 Å². The smallest absolute Gasteiger partial charge is 0.221 e. The van der Waals surface area contributed by atoms with E-state index in [0.717, 1.165) is 12.1 Å². The number of carbonyl (C=O) groups excluding carboxylic acids is 1. The van der Waals surface area contributed by atoms with Crippen LogP contribution in [0.15, 0.2) is 24.3 Å². The predicted molar refractivity (Wildman–Crippen MR) is 81.7 cm³/mol. The second-order valence-electron chi connectivity index (χ2n) is 5.22. The minimum absolute atomic E-state index is 0.0485. The van der Waals surface area contributed by atoms with E-state index in [1.165, 1.54) is 0 Å². The lowest BCUT2D eigenvalue weighted by Gasteiger charge is -2.09. The predicted octanol–water partition coefficient (Wildman–Crippen LogP) is 1.84. The number of carbonyl (C=O) groups is 1. The van der Waals surface area contributed by atoms with Crippen molar-refractivity contribution in [1.29, 1.82) is 5.26 Å². The van der Waals surface area contributed by atoms with Crippen LogP contribution in [0.1, 0.15) is 25.8 Å². The number of nitrogens with zero attached hydrogens (tertiary/aromatic N) is 1. The number of ether oxygens (including phenoxy) is 1. The van der Waals surface area contributed by atoms with Crippen LogP contribution in [-0.4, -0.2) is 25.6 Å². The summed E-state index contributed by atoms with van der Waals surface area (Å²) >= 11 is 0. The second kappa shape index (κ2) is 9.78. The van der Waals surface area contributed by atoms with Gasteiger partial charge in [0, 0.05) is 26.1 Å². The first-order chi connectivity index (χ1) is 10.1. The highest BCUT2D eigenvalue weighted by Gasteiger charge is 2.02. The van der Waals surface area contributed by atoms with Crippen LogP contribution in [0.25, 0.3) is 0 Å². The highest BCUT2D eigenvalue weighted by molar-refractivity contribution is 5.76. The summed E-state index contributed by atoms with van der Waals surface area (Å²) < 4.78 is 5.24. The molecule has 21 heavy (non-hydrogen) atoms. The number of nitrogens with one attached hydrogen (secondary N) is 2. The second-order valence-corrected chi connectivity index (χ2v) is 5.22. The molecule has 1 aromatic carbocycles. The van der Waals surface area contributed by atoms with Crippen molar-refractivity contribution in [2.45, 2.75) is 26.8 Å². The fraction of sp³-hybridized carbons (Fsp3) is 0.500. The van der Waals surface area contributed by atoms with E-state index < -0.39 is 0 Å². The van der Waals surface area contributed by atoms with Gasteiger partial charge in [0.05, 0.1) is 0 Å². The van der Waals surface area contributed by atoms with Crippen LogP contribution in [-0.2, 0) is 11.3 Å². The van der Waals surface area contributed by atoms with Crippen molar-refractivity contribution in [3.05, 3.63) is 29.8 Å². The monoisotopic (exact) mass is 289 g/mol. The standard InChI is InChI=1S/C16H23N3O2/c1-13(2)11-19-16(20)6-8-18-12-14-4-3-5-15(10-14)21-9-7-17/h3-5,10,13,18H,6,8-9,11-12H2,1-2H3,(H,19,20). The van der Waals surface area contributed by atoms with Crippen LogP contribution >= 0.6 is 0 Å². The Kier molecular flexibility index (Phi) is 7.92. The Morgan fingerprint density at radius 1 is 1.43 bits per heavy atom. The molecule has 0 radical (unpaired) electrons. The first-order valence-corrected chi connectivity index (χ1v) is 7.18. The van der Waals surface area contributed by atoms with Crippen LogP contribution in [0.5, 0.6) is 5.75 Å². The first-order valence-electron chi connectivity index (χ1n) is 7.18. The molecule has 0 aliphatic heterocycles. The Bertz CT molecular complexity index is 481. The van der Waals surface area contributed by atoms with Crippen LogP contribution in [0.3, 0.4) is 0 Å². The van der Waals surface area contributed by atoms with Gasteiger partial charge in [-0.05, 0) is 23.6 Å². The Balaban J connectivity index is 2.23. The number of hydrogen-bond acceptors (Lipinski definition) is 4. The quantitative estimate of drug-likeness (QED) is 0.680. The fourth-order valence-electron chi connectivity index (χ4n) is 1.70. The normalized spacial score (nSPS) is 10.2. The highest BCUT2D eigenvalue weighted by Crippen LogP contribution is 2.12. The molecule has 0 atom stereocenters. The van der Waals surface area contributed by atoms with Crippen molar-refractivity contribution in [3.8, 4) is 11.8 Å². The van der Waals surface area contributed by atoms with Gasteiger partial charge in [0.15, 0.2) is 6.61 Å². The molecule has 0 bridgehead atoms. The van der Waals surface area contributed by atoms with Crippen LogP contribution in [0.2, 0.25) is 0 Å². The van der Waals surface area contributed by atoms with E-state index in [4.69, 9.17) is 10.00 Å². The molecule has 0 unspecified atom stereocenters. The zero-order valence-electron chi connectivity index (χ0n) is 12.7. The topological polar surface area (TPSA) is 74.2 Å². The van der Waals surface area contributed by atoms with Gasteiger partial charge in [0.25, 0.3) is 0 Å². The van der Waals surface area contributed by atoms with E-state index in [9.17, 15) is 4.79 Å². The molecule has 0 fully saturated rings. The van der Waals surface area contributed by atoms with E-state index in [-0.39, 0.29) is 12.5 Å². The zero-order chi connectivity index (χ0) is 15.5. The van der Waals surface area contributed by atoms with Crippen molar-refractivity contribution >= 4 is 5.91 Å². The number of rotatable bonds is 9. The molecule has 5 heteroatoms. The maximum atomic E-state index is 11.5. The third kappa shape index (κ3) is 7.95. The number of hydrogen-bond donors (Lipinski definition) is 2. The minimum atomic E-state index is 0.0485. The molecule has 5 nitrogen and oxygen atoms in total. The van der Waals surface area contributed by atoms with Gasteiger partial charge in [-0.2, -0.15) is 5.26 Å². The average Bonchev–Trinajstić information content (AvgIpc) is 2.48. The van der Waals surface area contributed by atoms with Crippen LogP contribution < -0.4 is 15.4 Å². The molecule has 0 heterocycles. The molecule has 0 saturated carbocycles. The lowest BCUT2D eigenvalue weighted by Crippen LogP contribution is -2.30.